The van der Waals surface area contributed by atoms with Gasteiger partial charge in [-0.15, -0.1) is 23.1 Å². The van der Waals surface area contributed by atoms with Gasteiger partial charge in [-0.3, -0.25) is 4.79 Å². The van der Waals surface area contributed by atoms with Crippen molar-refractivity contribution in [2.24, 2.45) is 0 Å². The van der Waals surface area contributed by atoms with Crippen molar-refractivity contribution in [2.45, 2.75) is 19.1 Å². The van der Waals surface area contributed by atoms with Crippen LogP contribution in [0.4, 0.5) is 0 Å². The van der Waals surface area contributed by atoms with Crippen molar-refractivity contribution < 1.29 is 4.79 Å². The molecule has 6 heteroatoms. The van der Waals surface area contributed by atoms with E-state index in [1.807, 2.05) is 36.7 Å². The van der Waals surface area contributed by atoms with Gasteiger partial charge in [-0.25, -0.2) is 4.98 Å². The minimum absolute atomic E-state index is 0.0641. The Hall–Kier alpha value is -1.04. The highest BCUT2D eigenvalue weighted by Crippen LogP contribution is 2.20. The maximum absolute atomic E-state index is 11.8. The fourth-order valence-corrected chi connectivity index (χ4v) is 3.73. The molecule has 0 radical (unpaired) electrons. The first-order valence-electron chi connectivity index (χ1n) is 6.63. The first kappa shape index (κ1) is 16.3. The second kappa shape index (κ2) is 8.41. The molecule has 1 heterocycles. The largest absolute Gasteiger partial charge is 0.355 e. The number of thioether (sulfide) groups is 1. The fraction of sp³-hybridized carbons (Fsp3) is 0.333. The lowest BCUT2D eigenvalue weighted by Gasteiger charge is -2.06. The summed E-state index contributed by atoms with van der Waals surface area (Å²) in [4.78, 5) is 17.2. The number of benzene rings is 1. The Morgan fingerprint density at radius 3 is 2.95 bits per heavy atom. The maximum atomic E-state index is 11.8. The molecule has 0 aliphatic carbocycles. The van der Waals surface area contributed by atoms with Crippen molar-refractivity contribution >= 4 is 40.6 Å². The van der Waals surface area contributed by atoms with Crippen LogP contribution in [0.5, 0.6) is 0 Å². The van der Waals surface area contributed by atoms with E-state index >= 15 is 0 Å². The topological polar surface area (TPSA) is 42.0 Å². The molecule has 112 valence electrons. The van der Waals surface area contributed by atoms with E-state index in [0.717, 1.165) is 28.5 Å². The number of rotatable bonds is 7. The van der Waals surface area contributed by atoms with Crippen molar-refractivity contribution in [1.29, 1.82) is 0 Å². The van der Waals surface area contributed by atoms with Crippen LogP contribution in [-0.2, 0) is 17.0 Å². The summed E-state index contributed by atoms with van der Waals surface area (Å²) in [6.07, 6.45) is 0.845. The number of nitrogens with one attached hydrogen (secondary N) is 1. The molecule has 2 rings (SSSR count). The van der Waals surface area contributed by atoms with Crippen molar-refractivity contribution in [3.8, 4) is 0 Å². The average molecular weight is 341 g/mol. The van der Waals surface area contributed by atoms with Crippen LogP contribution in [-0.4, -0.2) is 23.2 Å². The third kappa shape index (κ3) is 5.34. The van der Waals surface area contributed by atoms with Crippen LogP contribution < -0.4 is 5.32 Å². The summed E-state index contributed by atoms with van der Waals surface area (Å²) in [5, 5.41) is 3.69. The minimum atomic E-state index is 0.0641. The van der Waals surface area contributed by atoms with Crippen LogP contribution in [0.25, 0.3) is 0 Å². The summed E-state index contributed by atoms with van der Waals surface area (Å²) in [6, 6.07) is 7.72. The van der Waals surface area contributed by atoms with Gasteiger partial charge < -0.3 is 5.32 Å². The summed E-state index contributed by atoms with van der Waals surface area (Å²) in [5.74, 6) is 1.27. The number of hydrogen-bond donors (Lipinski definition) is 1. The molecule has 3 nitrogen and oxygen atoms in total. The highest BCUT2D eigenvalue weighted by atomic mass is 35.5. The molecule has 1 amide bonds. The van der Waals surface area contributed by atoms with Gasteiger partial charge in [0.15, 0.2) is 0 Å². The van der Waals surface area contributed by atoms with E-state index in [1.54, 1.807) is 23.1 Å². The van der Waals surface area contributed by atoms with Gasteiger partial charge in [0.25, 0.3) is 0 Å². The van der Waals surface area contributed by atoms with Crippen LogP contribution in [0.2, 0.25) is 5.02 Å². The van der Waals surface area contributed by atoms with Gasteiger partial charge in [0.2, 0.25) is 5.91 Å². The number of halogens is 1. The molecule has 1 aromatic carbocycles. The molecule has 0 saturated carbocycles. The third-order valence-electron chi connectivity index (χ3n) is 2.97. The Morgan fingerprint density at radius 2 is 2.24 bits per heavy atom. The predicted octanol–water partition coefficient (Wildman–Crippen LogP) is 3.70. The van der Waals surface area contributed by atoms with Crippen LogP contribution in [0.15, 0.2) is 29.8 Å². The Morgan fingerprint density at radius 1 is 1.43 bits per heavy atom. The van der Waals surface area contributed by atoms with E-state index in [-0.39, 0.29) is 5.91 Å². The molecule has 0 atom stereocenters. The van der Waals surface area contributed by atoms with Gasteiger partial charge in [0.05, 0.1) is 17.0 Å². The van der Waals surface area contributed by atoms with Crippen LogP contribution in [0.1, 0.15) is 16.1 Å². The number of aryl methyl sites for hydroxylation is 1. The highest BCUT2D eigenvalue weighted by molar-refractivity contribution is 7.99. The monoisotopic (exact) mass is 340 g/mol. The smallest absolute Gasteiger partial charge is 0.230 e. The normalized spacial score (nSPS) is 10.6. The molecule has 0 aliphatic rings. The van der Waals surface area contributed by atoms with E-state index in [4.69, 9.17) is 11.6 Å². The Balaban J connectivity index is 1.64. The molecule has 21 heavy (non-hydrogen) atoms. The number of carbonyl (C=O) groups excluding carboxylic acids is 1. The Labute approximate surface area is 138 Å². The molecule has 0 saturated heterocycles. The molecule has 0 unspecified atom stereocenters. The second-order valence-corrected chi connectivity index (χ2v) is 6.88. The number of nitrogens with zero attached hydrogens (tertiary/aromatic N) is 1. The first-order valence-corrected chi connectivity index (χ1v) is 9.05. The van der Waals surface area contributed by atoms with Gasteiger partial charge in [0, 0.05) is 28.6 Å². The van der Waals surface area contributed by atoms with E-state index in [9.17, 15) is 4.79 Å². The molecule has 0 fully saturated rings. The number of aromatic nitrogens is 1. The van der Waals surface area contributed by atoms with Crippen molar-refractivity contribution in [2.75, 3.05) is 12.3 Å². The number of amides is 1. The van der Waals surface area contributed by atoms with E-state index in [2.05, 4.69) is 10.3 Å². The first-order chi connectivity index (χ1) is 10.2. The second-order valence-electron chi connectivity index (χ2n) is 4.55. The SMILES string of the molecule is Cc1ncsc1CCNC(=O)CSCc1ccccc1Cl. The Bertz CT molecular complexity index is 601. The average Bonchev–Trinajstić information content (AvgIpc) is 2.87. The van der Waals surface area contributed by atoms with Gasteiger partial charge in [-0.2, -0.15) is 0 Å². The predicted molar refractivity (Wildman–Crippen MR) is 91.2 cm³/mol. The molecule has 1 N–H and O–H groups in total. The third-order valence-corrected chi connectivity index (χ3v) is 5.31. The van der Waals surface area contributed by atoms with Crippen LogP contribution in [0.3, 0.4) is 0 Å². The molecule has 0 spiro atoms. The number of thiazole rings is 1. The lowest BCUT2D eigenvalue weighted by Crippen LogP contribution is -2.27. The zero-order valence-electron chi connectivity index (χ0n) is 11.8. The van der Waals surface area contributed by atoms with Crippen molar-refractivity contribution in [1.82, 2.24) is 10.3 Å². The number of hydrogen-bond acceptors (Lipinski definition) is 4. The molecular weight excluding hydrogens is 324 g/mol. The molecule has 0 aliphatic heterocycles. The van der Waals surface area contributed by atoms with Crippen LogP contribution >= 0.6 is 34.7 Å². The molecule has 0 bridgehead atoms. The maximum Gasteiger partial charge on any atom is 0.230 e. The van der Waals surface area contributed by atoms with Crippen molar-refractivity contribution in [3.05, 3.63) is 50.9 Å². The standard InChI is InChI=1S/C15H17ClN2OS2/c1-11-14(21-10-18-11)6-7-17-15(19)9-20-8-12-4-2-3-5-13(12)16/h2-5,10H,6-9H2,1H3,(H,17,19). The fourth-order valence-electron chi connectivity index (χ4n) is 1.80. The van der Waals surface area contributed by atoms with Crippen LogP contribution in [0, 0.1) is 6.92 Å². The highest BCUT2D eigenvalue weighted by Gasteiger charge is 2.05. The number of carbonyl (C=O) groups is 1. The molecular formula is C15H17ClN2OS2. The van der Waals surface area contributed by atoms with Gasteiger partial charge in [-0.1, -0.05) is 29.8 Å². The lowest BCUT2D eigenvalue weighted by atomic mass is 10.2. The van der Waals surface area contributed by atoms with Gasteiger partial charge >= 0.3 is 0 Å². The lowest BCUT2D eigenvalue weighted by molar-refractivity contribution is -0.118. The Kier molecular flexibility index (Phi) is 6.54. The van der Waals surface area contributed by atoms with Crippen molar-refractivity contribution in [3.63, 3.8) is 0 Å². The quantitative estimate of drug-likeness (QED) is 0.835. The van der Waals surface area contributed by atoms with E-state index in [1.165, 1.54) is 4.88 Å². The van der Waals surface area contributed by atoms with E-state index in [0.29, 0.717) is 12.3 Å². The zero-order valence-corrected chi connectivity index (χ0v) is 14.2. The van der Waals surface area contributed by atoms with Gasteiger partial charge in [-0.05, 0) is 18.6 Å². The minimum Gasteiger partial charge on any atom is -0.355 e. The summed E-state index contributed by atoms with van der Waals surface area (Å²) >= 11 is 9.29. The summed E-state index contributed by atoms with van der Waals surface area (Å²) in [5.41, 5.74) is 3.96. The summed E-state index contributed by atoms with van der Waals surface area (Å²) < 4.78 is 0. The molecule has 2 aromatic rings. The molecule has 1 aromatic heterocycles. The van der Waals surface area contributed by atoms with Gasteiger partial charge in [0.1, 0.15) is 0 Å². The zero-order chi connectivity index (χ0) is 15.1. The summed E-state index contributed by atoms with van der Waals surface area (Å²) in [7, 11) is 0. The summed E-state index contributed by atoms with van der Waals surface area (Å²) in [6.45, 7) is 2.65. The van der Waals surface area contributed by atoms with E-state index < -0.39 is 0 Å².